The number of nitrogens with one attached hydrogen (secondary N) is 3. The quantitative estimate of drug-likeness (QED) is 0.320. The molecule has 0 bridgehead atoms. The normalized spacial score (nSPS) is 19.6. The third kappa shape index (κ3) is 4.53. The van der Waals surface area contributed by atoms with E-state index < -0.39 is 6.03 Å². The molecular formula is C27H30N6O4. The van der Waals surface area contributed by atoms with E-state index in [0.29, 0.717) is 54.5 Å². The number of amides is 2. The van der Waals surface area contributed by atoms with E-state index in [2.05, 4.69) is 38.0 Å². The van der Waals surface area contributed by atoms with Gasteiger partial charge in [-0.05, 0) is 31.0 Å². The minimum Gasteiger partial charge on any atom is -0.395 e. The van der Waals surface area contributed by atoms with Gasteiger partial charge >= 0.3 is 6.03 Å². The summed E-state index contributed by atoms with van der Waals surface area (Å²) >= 11 is 0. The predicted molar refractivity (Wildman–Crippen MR) is 138 cm³/mol. The number of anilines is 1. The summed E-state index contributed by atoms with van der Waals surface area (Å²) in [5.41, 5.74) is 8.26. The molecule has 0 spiro atoms. The number of aliphatic hydroxyl groups is 1. The first kappa shape index (κ1) is 23.8. The average Bonchev–Trinajstić information content (AvgIpc) is 3.62. The van der Waals surface area contributed by atoms with Gasteiger partial charge in [0.15, 0.2) is 5.78 Å². The zero-order valence-corrected chi connectivity index (χ0v) is 20.5. The standard InChI is InChI=1S/C27H30N6O4/c34-16-19-3-2-10-32(19)15-17-6-8-18(9-7-17)24-23-25(30-29-24)20-4-1-5-21(22(20)26(23)35)28-27(36)31-33-11-13-37-14-12-33/h1,4-9,19,34H,2-3,10-16H2,(H,29,30)(H2,28,31,36). The molecule has 2 fully saturated rings. The second kappa shape index (κ2) is 10.1. The molecule has 10 heteroatoms. The number of aliphatic hydroxyl groups excluding tert-OH is 1. The van der Waals surface area contributed by atoms with Crippen LogP contribution < -0.4 is 10.7 Å². The molecule has 3 aromatic rings. The number of urea groups is 1. The van der Waals surface area contributed by atoms with Crippen molar-refractivity contribution in [3.63, 3.8) is 0 Å². The number of aromatic nitrogens is 2. The van der Waals surface area contributed by atoms with Crippen molar-refractivity contribution in [1.82, 2.24) is 25.5 Å². The summed E-state index contributed by atoms with van der Waals surface area (Å²) in [5.74, 6) is -0.164. The van der Waals surface area contributed by atoms with Gasteiger partial charge in [-0.3, -0.25) is 20.2 Å². The molecule has 0 saturated carbocycles. The molecule has 1 aromatic heterocycles. The number of aromatic amines is 1. The van der Waals surface area contributed by atoms with Crippen molar-refractivity contribution in [3.05, 3.63) is 59.2 Å². The molecule has 2 aliphatic heterocycles. The van der Waals surface area contributed by atoms with Crippen LogP contribution >= 0.6 is 0 Å². The van der Waals surface area contributed by atoms with Gasteiger partial charge in [0.1, 0.15) is 5.69 Å². The molecule has 1 unspecified atom stereocenters. The van der Waals surface area contributed by atoms with Gasteiger partial charge in [-0.25, -0.2) is 9.80 Å². The number of hydrazine groups is 1. The second-order valence-electron chi connectivity index (χ2n) is 9.69. The van der Waals surface area contributed by atoms with Gasteiger partial charge in [-0.2, -0.15) is 5.10 Å². The lowest BCUT2D eigenvalue weighted by atomic mass is 10.0. The Bertz CT molecular complexity index is 1310. The number of H-pyrrole nitrogens is 1. The van der Waals surface area contributed by atoms with Gasteiger partial charge in [-0.1, -0.05) is 36.4 Å². The molecule has 1 atom stereocenters. The smallest absolute Gasteiger partial charge is 0.333 e. The number of nitrogens with zero attached hydrogens (tertiary/aromatic N) is 3. The van der Waals surface area contributed by atoms with Crippen molar-refractivity contribution in [2.24, 2.45) is 0 Å². The summed E-state index contributed by atoms with van der Waals surface area (Å²) in [6.07, 6.45) is 2.14. The van der Waals surface area contributed by atoms with Crippen LogP contribution in [0.1, 0.15) is 34.3 Å². The molecule has 2 aromatic carbocycles. The first-order valence-electron chi connectivity index (χ1n) is 12.7. The zero-order chi connectivity index (χ0) is 25.4. The number of ketones is 1. The molecule has 0 radical (unpaired) electrons. The monoisotopic (exact) mass is 502 g/mol. The highest BCUT2D eigenvalue weighted by atomic mass is 16.5. The Balaban J connectivity index is 1.21. The fraction of sp³-hybridized carbons (Fsp3) is 0.370. The van der Waals surface area contributed by atoms with Crippen molar-refractivity contribution in [2.45, 2.75) is 25.4 Å². The van der Waals surface area contributed by atoms with E-state index in [0.717, 1.165) is 42.6 Å². The van der Waals surface area contributed by atoms with Gasteiger partial charge in [0.05, 0.1) is 42.3 Å². The molecule has 1 aliphatic carbocycles. The number of carbonyl (C=O) groups excluding carboxylic acids is 2. The first-order valence-corrected chi connectivity index (χ1v) is 12.7. The third-order valence-electron chi connectivity index (χ3n) is 7.40. The maximum atomic E-state index is 13.6. The van der Waals surface area contributed by atoms with E-state index in [1.54, 1.807) is 11.1 Å². The summed E-state index contributed by atoms with van der Waals surface area (Å²) in [6.45, 7) is 4.31. The molecule has 2 saturated heterocycles. The van der Waals surface area contributed by atoms with Crippen LogP contribution in [0.15, 0.2) is 42.5 Å². The molecule has 3 heterocycles. The van der Waals surface area contributed by atoms with Crippen molar-refractivity contribution in [1.29, 1.82) is 0 Å². The maximum absolute atomic E-state index is 13.6. The summed E-state index contributed by atoms with van der Waals surface area (Å²) < 4.78 is 5.32. The maximum Gasteiger partial charge on any atom is 0.333 e. The SMILES string of the molecule is O=C(Nc1cccc2c1C(=O)c1c(-c3ccc(CN4CCCC4CO)cc3)n[nH]c1-2)NN1CCOCC1. The third-order valence-corrected chi connectivity index (χ3v) is 7.40. The predicted octanol–water partition coefficient (Wildman–Crippen LogP) is 2.61. The summed E-state index contributed by atoms with van der Waals surface area (Å²) in [7, 11) is 0. The van der Waals surface area contributed by atoms with E-state index in [4.69, 9.17) is 4.74 Å². The van der Waals surface area contributed by atoms with Gasteiger partial charge in [0.2, 0.25) is 0 Å². The Morgan fingerprint density at radius 1 is 1.11 bits per heavy atom. The Morgan fingerprint density at radius 2 is 1.92 bits per heavy atom. The van der Waals surface area contributed by atoms with Crippen LogP contribution in [0.5, 0.6) is 0 Å². The molecule has 192 valence electrons. The average molecular weight is 503 g/mol. The lowest BCUT2D eigenvalue weighted by Crippen LogP contribution is -2.49. The Hall–Kier alpha value is -3.57. The van der Waals surface area contributed by atoms with E-state index in [1.165, 1.54) is 0 Å². The Kier molecular flexibility index (Phi) is 6.47. The van der Waals surface area contributed by atoms with Crippen LogP contribution in [0.3, 0.4) is 0 Å². The second-order valence-corrected chi connectivity index (χ2v) is 9.69. The number of hydrogen-bond acceptors (Lipinski definition) is 7. The topological polar surface area (TPSA) is 123 Å². The number of likely N-dealkylation sites (tertiary alicyclic amines) is 1. The van der Waals surface area contributed by atoms with Crippen molar-refractivity contribution < 1.29 is 19.4 Å². The van der Waals surface area contributed by atoms with E-state index in [-0.39, 0.29) is 18.4 Å². The van der Waals surface area contributed by atoms with Gasteiger partial charge < -0.3 is 15.2 Å². The fourth-order valence-electron chi connectivity index (χ4n) is 5.48. The summed E-state index contributed by atoms with van der Waals surface area (Å²) in [4.78, 5) is 28.6. The van der Waals surface area contributed by atoms with E-state index in [1.807, 2.05) is 24.3 Å². The van der Waals surface area contributed by atoms with E-state index in [9.17, 15) is 14.7 Å². The largest absolute Gasteiger partial charge is 0.395 e. The number of ether oxygens (including phenoxy) is 1. The van der Waals surface area contributed by atoms with Crippen molar-refractivity contribution >= 4 is 17.5 Å². The van der Waals surface area contributed by atoms with Gasteiger partial charge in [-0.15, -0.1) is 0 Å². The fourth-order valence-corrected chi connectivity index (χ4v) is 5.48. The van der Waals surface area contributed by atoms with Crippen LogP contribution in [0, 0.1) is 0 Å². The number of rotatable bonds is 6. The molecule has 10 nitrogen and oxygen atoms in total. The first-order chi connectivity index (χ1) is 18.1. The van der Waals surface area contributed by atoms with Crippen LogP contribution in [0.25, 0.3) is 22.5 Å². The highest BCUT2D eigenvalue weighted by molar-refractivity contribution is 6.26. The summed E-state index contributed by atoms with van der Waals surface area (Å²) in [5, 5.41) is 21.8. The van der Waals surface area contributed by atoms with Crippen LogP contribution in [0.2, 0.25) is 0 Å². The lowest BCUT2D eigenvalue weighted by Gasteiger charge is -2.27. The van der Waals surface area contributed by atoms with Crippen LogP contribution in [-0.2, 0) is 11.3 Å². The minimum atomic E-state index is -0.394. The molecular weight excluding hydrogens is 472 g/mol. The molecule has 37 heavy (non-hydrogen) atoms. The molecule has 3 aliphatic rings. The van der Waals surface area contributed by atoms with Crippen LogP contribution in [-0.4, -0.2) is 82.5 Å². The Labute approximate surface area is 214 Å². The number of hydrogen-bond donors (Lipinski definition) is 4. The van der Waals surface area contributed by atoms with Gasteiger partial charge in [0.25, 0.3) is 0 Å². The lowest BCUT2D eigenvalue weighted by molar-refractivity contribution is 0.0207. The molecule has 4 N–H and O–H groups in total. The number of fused-ring (bicyclic) bond motifs is 3. The van der Waals surface area contributed by atoms with Crippen molar-refractivity contribution in [2.75, 3.05) is 44.8 Å². The number of morpholine rings is 1. The van der Waals surface area contributed by atoms with Gasteiger partial charge in [0, 0.05) is 36.8 Å². The Morgan fingerprint density at radius 3 is 2.70 bits per heavy atom. The zero-order valence-electron chi connectivity index (χ0n) is 20.5. The van der Waals surface area contributed by atoms with Crippen molar-refractivity contribution in [3.8, 4) is 22.5 Å². The van der Waals surface area contributed by atoms with Crippen LogP contribution in [0.4, 0.5) is 10.5 Å². The summed E-state index contributed by atoms with van der Waals surface area (Å²) in [6, 6.07) is 13.3. The highest BCUT2D eigenvalue weighted by Crippen LogP contribution is 2.43. The van der Waals surface area contributed by atoms with E-state index >= 15 is 0 Å². The highest BCUT2D eigenvalue weighted by Gasteiger charge is 2.35. The number of benzene rings is 2. The molecule has 6 rings (SSSR count). The number of carbonyl (C=O) groups is 2. The minimum absolute atomic E-state index is 0.164. The molecule has 2 amide bonds.